The van der Waals surface area contributed by atoms with Gasteiger partial charge in [-0.1, -0.05) is 0 Å². The van der Waals surface area contributed by atoms with Gasteiger partial charge in [-0.15, -0.1) is 11.3 Å². The molecule has 0 bridgehead atoms. The lowest BCUT2D eigenvalue weighted by molar-refractivity contribution is -0.384. The second-order valence-electron chi connectivity index (χ2n) is 7.26. The van der Waals surface area contributed by atoms with E-state index in [1.807, 2.05) is 17.2 Å². The van der Waals surface area contributed by atoms with Crippen molar-refractivity contribution in [1.82, 2.24) is 14.5 Å². The maximum Gasteiger partial charge on any atom is 0.293 e. The van der Waals surface area contributed by atoms with Crippen molar-refractivity contribution in [3.05, 3.63) is 68.2 Å². The molecule has 9 heteroatoms. The first-order valence-corrected chi connectivity index (χ1v) is 10.3. The minimum Gasteiger partial charge on any atom is -0.365 e. The number of rotatable bonds is 5. The van der Waals surface area contributed by atoms with Crippen LogP contribution in [0.4, 0.5) is 11.4 Å². The summed E-state index contributed by atoms with van der Waals surface area (Å²) in [7, 11) is 1.72. The topological polar surface area (TPSA) is 94.2 Å². The molecule has 1 aliphatic rings. The average molecular weight is 411 g/mol. The lowest BCUT2D eigenvalue weighted by Gasteiger charge is -2.33. The lowest BCUT2D eigenvalue weighted by atomic mass is 9.97. The van der Waals surface area contributed by atoms with E-state index in [9.17, 15) is 14.9 Å². The number of anilines is 1. The molecule has 3 aromatic rings. The molecule has 0 N–H and O–H groups in total. The third-order valence-corrected chi connectivity index (χ3v) is 6.33. The number of benzene rings is 1. The van der Waals surface area contributed by atoms with Gasteiger partial charge in [0.25, 0.3) is 5.69 Å². The number of carbonyl (C=O) groups is 1. The van der Waals surface area contributed by atoms with Gasteiger partial charge in [0.2, 0.25) is 5.78 Å². The summed E-state index contributed by atoms with van der Waals surface area (Å²) >= 11 is 1.64. The third kappa shape index (κ3) is 3.77. The number of aryl methyl sites for hydroxylation is 2. The summed E-state index contributed by atoms with van der Waals surface area (Å²) in [5.41, 5.74) is 1.76. The maximum absolute atomic E-state index is 12.7. The van der Waals surface area contributed by atoms with Crippen LogP contribution in [0, 0.1) is 17.0 Å². The van der Waals surface area contributed by atoms with Crippen molar-refractivity contribution in [3.8, 4) is 0 Å². The summed E-state index contributed by atoms with van der Waals surface area (Å²) in [6.45, 7) is 3.40. The molecule has 1 unspecified atom stereocenters. The van der Waals surface area contributed by atoms with Crippen LogP contribution >= 0.6 is 11.3 Å². The number of piperidine rings is 1. The zero-order valence-electron chi connectivity index (χ0n) is 16.2. The Hall–Kier alpha value is -3.07. The molecule has 0 radical (unpaired) electrons. The van der Waals surface area contributed by atoms with Crippen molar-refractivity contribution in [2.24, 2.45) is 7.05 Å². The van der Waals surface area contributed by atoms with Gasteiger partial charge in [-0.3, -0.25) is 14.9 Å². The normalized spacial score (nSPS) is 16.8. The Morgan fingerprint density at radius 3 is 2.86 bits per heavy atom. The van der Waals surface area contributed by atoms with Gasteiger partial charge < -0.3 is 9.47 Å². The quantitative estimate of drug-likeness (QED) is 0.361. The highest BCUT2D eigenvalue weighted by molar-refractivity contribution is 7.09. The number of hydrogen-bond donors (Lipinski definition) is 0. The van der Waals surface area contributed by atoms with Gasteiger partial charge >= 0.3 is 0 Å². The van der Waals surface area contributed by atoms with E-state index >= 15 is 0 Å². The van der Waals surface area contributed by atoms with Crippen LogP contribution in [0.5, 0.6) is 0 Å². The second-order valence-corrected chi connectivity index (χ2v) is 8.15. The zero-order valence-corrected chi connectivity index (χ0v) is 17.1. The van der Waals surface area contributed by atoms with Gasteiger partial charge in [0, 0.05) is 61.2 Å². The van der Waals surface area contributed by atoms with E-state index < -0.39 is 4.92 Å². The Balaban J connectivity index is 1.64. The van der Waals surface area contributed by atoms with Gasteiger partial charge in [0.05, 0.1) is 9.93 Å². The predicted molar refractivity (Wildman–Crippen MR) is 111 cm³/mol. The molecule has 29 heavy (non-hydrogen) atoms. The van der Waals surface area contributed by atoms with Crippen LogP contribution in [0.2, 0.25) is 0 Å². The molecule has 1 fully saturated rings. The number of carbonyl (C=O) groups excluding carboxylic acids is 1. The summed E-state index contributed by atoms with van der Waals surface area (Å²) in [5, 5.41) is 14.9. The van der Waals surface area contributed by atoms with E-state index in [1.54, 1.807) is 41.3 Å². The molecule has 3 heterocycles. The second kappa shape index (κ2) is 7.75. The molecular formula is C20H21N5O3S. The van der Waals surface area contributed by atoms with Crippen LogP contribution in [0.25, 0.3) is 0 Å². The minimum absolute atomic E-state index is 0.0546. The first-order chi connectivity index (χ1) is 13.9. The molecule has 0 saturated carbocycles. The van der Waals surface area contributed by atoms with Gasteiger partial charge in [-0.25, -0.2) is 9.97 Å². The number of imidazole rings is 1. The molecule has 0 spiro atoms. The van der Waals surface area contributed by atoms with E-state index in [2.05, 4.69) is 9.97 Å². The molecule has 2 aromatic heterocycles. The first-order valence-electron chi connectivity index (χ1n) is 9.41. The average Bonchev–Trinajstić information content (AvgIpc) is 3.35. The van der Waals surface area contributed by atoms with Crippen LogP contribution in [-0.4, -0.2) is 38.3 Å². The van der Waals surface area contributed by atoms with Crippen molar-refractivity contribution in [2.75, 3.05) is 18.0 Å². The van der Waals surface area contributed by atoms with Crippen molar-refractivity contribution < 1.29 is 9.72 Å². The SMILES string of the molecule is Cc1csc(C2CCCN(c3ccc(C(=O)c4nccn4C)cc3[N+](=O)[O-])C2)n1. The van der Waals surface area contributed by atoms with E-state index in [0.29, 0.717) is 12.2 Å². The molecule has 1 saturated heterocycles. The first kappa shape index (κ1) is 19.3. The predicted octanol–water partition coefficient (Wildman–Crippen LogP) is 3.71. The molecular weight excluding hydrogens is 390 g/mol. The van der Waals surface area contributed by atoms with Crippen LogP contribution in [0.15, 0.2) is 36.0 Å². The maximum atomic E-state index is 12.7. The monoisotopic (exact) mass is 411 g/mol. The van der Waals surface area contributed by atoms with Gasteiger partial charge in [0.15, 0.2) is 5.82 Å². The summed E-state index contributed by atoms with van der Waals surface area (Å²) < 4.78 is 1.60. The summed E-state index contributed by atoms with van der Waals surface area (Å²) in [6.07, 6.45) is 5.16. The zero-order chi connectivity index (χ0) is 20.5. The third-order valence-electron chi connectivity index (χ3n) is 5.21. The van der Waals surface area contributed by atoms with Crippen LogP contribution in [-0.2, 0) is 7.05 Å². The number of nitrogens with zero attached hydrogens (tertiary/aromatic N) is 5. The number of ketones is 1. The van der Waals surface area contributed by atoms with Crippen molar-refractivity contribution >= 4 is 28.5 Å². The fraction of sp³-hybridized carbons (Fsp3) is 0.350. The van der Waals surface area contributed by atoms with E-state index in [-0.39, 0.29) is 28.8 Å². The Bertz CT molecular complexity index is 1070. The highest BCUT2D eigenvalue weighted by Crippen LogP contribution is 2.36. The molecule has 150 valence electrons. The van der Waals surface area contributed by atoms with E-state index in [0.717, 1.165) is 30.1 Å². The fourth-order valence-electron chi connectivity index (χ4n) is 3.75. The molecule has 1 atom stereocenters. The highest BCUT2D eigenvalue weighted by Gasteiger charge is 2.29. The Morgan fingerprint density at radius 2 is 2.21 bits per heavy atom. The van der Waals surface area contributed by atoms with Gasteiger partial charge in [0.1, 0.15) is 5.69 Å². The highest BCUT2D eigenvalue weighted by atomic mass is 32.1. The summed E-state index contributed by atoms with van der Waals surface area (Å²) in [6, 6.07) is 4.70. The smallest absolute Gasteiger partial charge is 0.293 e. The largest absolute Gasteiger partial charge is 0.365 e. The molecule has 1 aromatic carbocycles. The molecule has 0 aliphatic carbocycles. The van der Waals surface area contributed by atoms with E-state index in [1.165, 1.54) is 12.3 Å². The standard InChI is InChI=1S/C20H21N5O3S/c1-13-12-29-20(22-13)15-4-3-8-24(11-15)16-6-5-14(10-17(16)25(27)28)18(26)19-21-7-9-23(19)2/h5-7,9-10,12,15H,3-4,8,11H2,1-2H3. The van der Waals surface area contributed by atoms with Crippen LogP contribution in [0.1, 0.15) is 45.6 Å². The Morgan fingerprint density at radius 1 is 1.38 bits per heavy atom. The van der Waals surface area contributed by atoms with Crippen molar-refractivity contribution in [1.29, 1.82) is 0 Å². The number of nitro groups is 1. The number of hydrogen-bond acceptors (Lipinski definition) is 7. The van der Waals surface area contributed by atoms with Crippen molar-refractivity contribution in [2.45, 2.75) is 25.7 Å². The molecule has 4 rings (SSSR count). The van der Waals surface area contributed by atoms with E-state index in [4.69, 9.17) is 0 Å². The molecule has 8 nitrogen and oxygen atoms in total. The Labute approximate surface area is 172 Å². The fourth-order valence-corrected chi connectivity index (χ4v) is 4.67. The summed E-state index contributed by atoms with van der Waals surface area (Å²) in [4.78, 5) is 34.8. The Kier molecular flexibility index (Phi) is 5.14. The lowest BCUT2D eigenvalue weighted by Crippen LogP contribution is -2.34. The van der Waals surface area contributed by atoms with Crippen molar-refractivity contribution in [3.63, 3.8) is 0 Å². The van der Waals surface area contributed by atoms with Crippen LogP contribution in [0.3, 0.4) is 0 Å². The van der Waals surface area contributed by atoms with Crippen LogP contribution < -0.4 is 4.90 Å². The number of aromatic nitrogens is 3. The molecule has 0 amide bonds. The van der Waals surface area contributed by atoms with Gasteiger partial charge in [-0.05, 0) is 31.9 Å². The molecule has 1 aliphatic heterocycles. The number of nitro benzene ring substituents is 1. The van der Waals surface area contributed by atoms with Gasteiger partial charge in [-0.2, -0.15) is 0 Å². The summed E-state index contributed by atoms with van der Waals surface area (Å²) in [5.74, 6) is 0.182. The minimum atomic E-state index is -0.415. The number of thiazole rings is 1.